The molecule has 0 saturated heterocycles. The molecule has 0 radical (unpaired) electrons. The summed E-state index contributed by atoms with van der Waals surface area (Å²) in [4.78, 5) is 31.4. The number of hydrogen-bond acceptors (Lipinski definition) is 4. The topological polar surface area (TPSA) is 92.7 Å². The predicted octanol–water partition coefficient (Wildman–Crippen LogP) is 2.68. The van der Waals surface area contributed by atoms with Crippen LogP contribution in [0.1, 0.15) is 28.7 Å². The van der Waals surface area contributed by atoms with Crippen LogP contribution in [0.4, 0.5) is 5.82 Å². The van der Waals surface area contributed by atoms with E-state index >= 15 is 0 Å². The Balaban J connectivity index is 2.00. The van der Waals surface area contributed by atoms with E-state index in [-0.39, 0.29) is 17.4 Å². The quantitative estimate of drug-likeness (QED) is 0.600. The maximum absolute atomic E-state index is 12.6. The Labute approximate surface area is 157 Å². The average molecular weight is 449 g/mol. The first kappa shape index (κ1) is 17.3. The van der Waals surface area contributed by atoms with Crippen molar-refractivity contribution in [3.63, 3.8) is 0 Å². The molecule has 7 nitrogen and oxygen atoms in total. The van der Waals surface area contributed by atoms with Gasteiger partial charge in [0.2, 0.25) is 5.95 Å². The molecule has 2 heterocycles. The van der Waals surface area contributed by atoms with E-state index in [1.807, 2.05) is 25.1 Å². The van der Waals surface area contributed by atoms with Gasteiger partial charge in [0.25, 0.3) is 11.5 Å². The third-order valence-corrected chi connectivity index (χ3v) is 4.48. The van der Waals surface area contributed by atoms with Crippen molar-refractivity contribution < 1.29 is 4.79 Å². The molecule has 25 heavy (non-hydrogen) atoms. The lowest BCUT2D eigenvalue weighted by molar-refractivity contribution is 0.102. The molecule has 0 bridgehead atoms. The second kappa shape index (κ2) is 7.18. The van der Waals surface area contributed by atoms with Crippen molar-refractivity contribution >= 4 is 34.3 Å². The van der Waals surface area contributed by atoms with Crippen LogP contribution in [-0.4, -0.2) is 25.7 Å². The van der Waals surface area contributed by atoms with Gasteiger partial charge in [-0.05, 0) is 48.1 Å². The zero-order chi connectivity index (χ0) is 18.0. The van der Waals surface area contributed by atoms with E-state index in [9.17, 15) is 9.59 Å². The molecule has 8 heteroatoms. The van der Waals surface area contributed by atoms with E-state index in [0.717, 1.165) is 3.57 Å². The second-order valence-electron chi connectivity index (χ2n) is 5.43. The molecular weight excluding hydrogens is 433 g/mol. The van der Waals surface area contributed by atoms with E-state index in [4.69, 9.17) is 0 Å². The monoisotopic (exact) mass is 449 g/mol. The molecule has 0 unspecified atom stereocenters. The van der Waals surface area contributed by atoms with Crippen molar-refractivity contribution in [2.24, 2.45) is 0 Å². The van der Waals surface area contributed by atoms with Crippen molar-refractivity contribution in [2.45, 2.75) is 20.3 Å². The number of hydrogen-bond donors (Lipinski definition) is 2. The smallest absolute Gasteiger partial charge is 0.257 e. The van der Waals surface area contributed by atoms with Crippen LogP contribution in [0.2, 0.25) is 0 Å². The third-order valence-electron chi connectivity index (χ3n) is 3.54. The van der Waals surface area contributed by atoms with Gasteiger partial charge in [-0.2, -0.15) is 9.78 Å². The Morgan fingerprint density at radius 2 is 2.08 bits per heavy atom. The first-order valence-corrected chi connectivity index (χ1v) is 8.79. The lowest BCUT2D eigenvalue weighted by Gasteiger charge is -2.09. The molecular formula is C17H16IN5O2. The van der Waals surface area contributed by atoms with Crippen LogP contribution in [0, 0.1) is 10.5 Å². The number of nitrogens with zero attached hydrogens (tertiary/aromatic N) is 3. The van der Waals surface area contributed by atoms with E-state index in [2.05, 4.69) is 43.0 Å². The van der Waals surface area contributed by atoms with Crippen LogP contribution >= 0.6 is 22.6 Å². The van der Waals surface area contributed by atoms with Crippen LogP contribution in [0.15, 0.2) is 41.2 Å². The largest absolute Gasteiger partial charge is 0.306 e. The maximum atomic E-state index is 12.6. The van der Waals surface area contributed by atoms with E-state index in [0.29, 0.717) is 29.2 Å². The van der Waals surface area contributed by atoms with Crippen molar-refractivity contribution in [2.75, 3.05) is 5.32 Å². The fourth-order valence-electron chi connectivity index (χ4n) is 2.35. The molecule has 0 aliphatic heterocycles. The summed E-state index contributed by atoms with van der Waals surface area (Å²) in [5.41, 5.74) is 1.66. The highest BCUT2D eigenvalue weighted by Gasteiger charge is 2.15. The van der Waals surface area contributed by atoms with Crippen LogP contribution < -0.4 is 10.9 Å². The van der Waals surface area contributed by atoms with Gasteiger partial charge in [-0.3, -0.25) is 14.6 Å². The number of aryl methyl sites for hydroxylation is 2. The number of carbonyl (C=O) groups is 1. The minimum absolute atomic E-state index is 0.250. The SMILES string of the molecule is CCc1cc(=O)[nH]c(-n2nc(C)cc2NC(=O)c2ccccc2I)n1. The number of aromatic amines is 1. The van der Waals surface area contributed by atoms with Gasteiger partial charge in [-0.15, -0.1) is 0 Å². The molecule has 1 amide bonds. The van der Waals surface area contributed by atoms with Gasteiger partial charge >= 0.3 is 0 Å². The predicted molar refractivity (Wildman–Crippen MR) is 103 cm³/mol. The van der Waals surface area contributed by atoms with Crippen molar-refractivity contribution in [3.8, 4) is 5.95 Å². The van der Waals surface area contributed by atoms with Gasteiger partial charge in [-0.25, -0.2) is 4.98 Å². The minimum Gasteiger partial charge on any atom is -0.306 e. The lowest BCUT2D eigenvalue weighted by atomic mass is 10.2. The lowest BCUT2D eigenvalue weighted by Crippen LogP contribution is -2.19. The summed E-state index contributed by atoms with van der Waals surface area (Å²) < 4.78 is 2.28. The molecule has 0 spiro atoms. The number of rotatable bonds is 4. The van der Waals surface area contributed by atoms with Crippen molar-refractivity contribution in [3.05, 3.63) is 67.3 Å². The zero-order valence-electron chi connectivity index (χ0n) is 13.7. The molecule has 0 atom stereocenters. The first-order valence-electron chi connectivity index (χ1n) is 7.71. The highest BCUT2D eigenvalue weighted by atomic mass is 127. The Hall–Kier alpha value is -2.49. The standard InChI is InChI=1S/C17H16IN5O2/c1-3-11-9-15(24)21-17(19-11)23-14(8-10(2)22-23)20-16(25)12-6-4-5-7-13(12)18/h4-9H,3H2,1-2H3,(H,20,25)(H,19,21,24). The number of anilines is 1. The van der Waals surface area contributed by atoms with E-state index in [1.165, 1.54) is 10.7 Å². The number of halogens is 1. The van der Waals surface area contributed by atoms with E-state index < -0.39 is 0 Å². The Morgan fingerprint density at radius 1 is 1.32 bits per heavy atom. The molecule has 1 aromatic carbocycles. The van der Waals surface area contributed by atoms with E-state index in [1.54, 1.807) is 19.1 Å². The number of benzene rings is 1. The van der Waals surface area contributed by atoms with Crippen LogP contribution in [-0.2, 0) is 6.42 Å². The summed E-state index contributed by atoms with van der Waals surface area (Å²) in [5, 5.41) is 7.17. The molecule has 0 fully saturated rings. The Bertz CT molecular complexity index is 993. The number of amides is 1. The third kappa shape index (κ3) is 3.78. The van der Waals surface area contributed by atoms with Crippen LogP contribution in [0.25, 0.3) is 5.95 Å². The molecule has 2 N–H and O–H groups in total. The van der Waals surface area contributed by atoms with Gasteiger partial charge in [-0.1, -0.05) is 19.1 Å². The number of carbonyl (C=O) groups excluding carboxylic acids is 1. The molecule has 0 aliphatic rings. The summed E-state index contributed by atoms with van der Waals surface area (Å²) in [6, 6.07) is 10.5. The van der Waals surface area contributed by atoms with Gasteiger partial charge in [0.05, 0.1) is 11.3 Å². The van der Waals surface area contributed by atoms with Crippen molar-refractivity contribution in [1.82, 2.24) is 19.7 Å². The van der Waals surface area contributed by atoms with Gasteiger partial charge in [0, 0.05) is 21.4 Å². The zero-order valence-corrected chi connectivity index (χ0v) is 15.9. The summed E-state index contributed by atoms with van der Waals surface area (Å²) >= 11 is 2.11. The molecule has 3 rings (SSSR count). The fraction of sp³-hybridized carbons (Fsp3) is 0.176. The molecule has 3 aromatic rings. The average Bonchev–Trinajstić information content (AvgIpc) is 2.95. The van der Waals surface area contributed by atoms with Crippen molar-refractivity contribution in [1.29, 1.82) is 0 Å². The highest BCUT2D eigenvalue weighted by Crippen LogP contribution is 2.17. The summed E-state index contributed by atoms with van der Waals surface area (Å²) in [5.74, 6) is 0.467. The Morgan fingerprint density at radius 3 is 2.80 bits per heavy atom. The van der Waals surface area contributed by atoms with Gasteiger partial charge in [0.15, 0.2) is 0 Å². The Kier molecular flexibility index (Phi) is 4.98. The van der Waals surface area contributed by atoms with Crippen LogP contribution in [0.5, 0.6) is 0 Å². The maximum Gasteiger partial charge on any atom is 0.257 e. The normalized spacial score (nSPS) is 10.7. The summed E-state index contributed by atoms with van der Waals surface area (Å²) in [6.07, 6.45) is 0.626. The molecule has 2 aromatic heterocycles. The van der Waals surface area contributed by atoms with Gasteiger partial charge < -0.3 is 5.32 Å². The molecule has 0 aliphatic carbocycles. The molecule has 128 valence electrons. The van der Waals surface area contributed by atoms with Gasteiger partial charge in [0.1, 0.15) is 5.82 Å². The number of aromatic nitrogens is 4. The fourth-order valence-corrected chi connectivity index (χ4v) is 2.99. The second-order valence-corrected chi connectivity index (χ2v) is 6.59. The number of H-pyrrole nitrogens is 1. The molecule has 0 saturated carbocycles. The number of nitrogens with one attached hydrogen (secondary N) is 2. The van der Waals surface area contributed by atoms with Crippen LogP contribution in [0.3, 0.4) is 0 Å². The summed E-state index contributed by atoms with van der Waals surface area (Å²) in [6.45, 7) is 3.72. The first-order chi connectivity index (χ1) is 12.0. The highest BCUT2D eigenvalue weighted by molar-refractivity contribution is 14.1. The minimum atomic E-state index is -0.259. The summed E-state index contributed by atoms with van der Waals surface area (Å²) in [7, 11) is 0.